The summed E-state index contributed by atoms with van der Waals surface area (Å²) in [6.07, 6.45) is 10.2. The summed E-state index contributed by atoms with van der Waals surface area (Å²) in [4.78, 5) is 0. The summed E-state index contributed by atoms with van der Waals surface area (Å²) >= 11 is 0. The van der Waals surface area contributed by atoms with Crippen LogP contribution in [-0.2, 0) is 13.0 Å². The third-order valence-electron chi connectivity index (χ3n) is 2.90. The van der Waals surface area contributed by atoms with Crippen LogP contribution in [0.1, 0.15) is 51.6 Å². The van der Waals surface area contributed by atoms with Crippen LogP contribution in [-0.4, -0.2) is 0 Å². The minimum Gasteiger partial charge on any atom is -0.512 e. The molecule has 2 heteroatoms. The van der Waals surface area contributed by atoms with Gasteiger partial charge >= 0.3 is 0 Å². The maximum atomic E-state index is 6.25. The molecule has 0 aliphatic carbocycles. The Morgan fingerprint density at radius 2 is 1.76 bits per heavy atom. The van der Waals surface area contributed by atoms with Gasteiger partial charge in [0.05, 0.1) is 0 Å². The van der Waals surface area contributed by atoms with E-state index in [1.807, 2.05) is 0 Å². The second-order valence-corrected chi connectivity index (χ2v) is 4.15. The van der Waals surface area contributed by atoms with Crippen LogP contribution < -0.4 is 4.57 Å². The molecule has 0 bridgehead atoms. The number of aromatic nitrogens is 1. The first-order valence-corrected chi connectivity index (χ1v) is 6.58. The highest BCUT2D eigenvalue weighted by atomic mass is 14.9. The number of rotatable bonds is 7. The van der Waals surface area contributed by atoms with Gasteiger partial charge in [-0.2, -0.15) is 0 Å². The van der Waals surface area contributed by atoms with Crippen LogP contribution in [0, 0.1) is 11.8 Å². The zero-order valence-corrected chi connectivity index (χ0v) is 11.2. The largest absolute Gasteiger partial charge is 0.512 e. The number of pyridine rings is 1. The predicted molar refractivity (Wildman–Crippen MR) is 69.7 cm³/mol. The van der Waals surface area contributed by atoms with Gasteiger partial charge in [0.1, 0.15) is 6.54 Å². The van der Waals surface area contributed by atoms with E-state index in [-0.39, 0.29) is 0 Å². The maximum Gasteiger partial charge on any atom is 0.181 e. The number of hydrogen-bond acceptors (Lipinski definition) is 1. The molecule has 0 aliphatic rings. The van der Waals surface area contributed by atoms with Gasteiger partial charge in [0.25, 0.3) is 0 Å². The molecule has 0 amide bonds. The molecule has 0 atom stereocenters. The lowest BCUT2D eigenvalue weighted by Gasteiger charge is -2.01. The van der Waals surface area contributed by atoms with Crippen LogP contribution >= 0.6 is 0 Å². The van der Waals surface area contributed by atoms with Crippen LogP contribution in [0.3, 0.4) is 0 Å². The van der Waals surface area contributed by atoms with Gasteiger partial charge in [-0.05, 0) is 6.42 Å². The van der Waals surface area contributed by atoms with E-state index in [1.165, 1.54) is 44.3 Å². The Morgan fingerprint density at radius 1 is 1.06 bits per heavy atom. The Balaban J connectivity index is 0.00000121. The lowest BCUT2D eigenvalue weighted by atomic mass is 10.1. The molecule has 0 saturated heterocycles. The number of nitrogens with zero attached hydrogens (tertiary/aromatic N) is 2. The molecule has 0 spiro atoms. The summed E-state index contributed by atoms with van der Waals surface area (Å²) in [6.45, 7) is 10.4. The minimum absolute atomic E-state index is 1.13. The van der Waals surface area contributed by atoms with E-state index in [1.54, 1.807) is 0 Å². The Morgan fingerprint density at radius 3 is 2.41 bits per heavy atom. The highest BCUT2D eigenvalue weighted by Crippen LogP contribution is 2.02. The van der Waals surface area contributed by atoms with Crippen molar-refractivity contribution in [1.82, 2.24) is 0 Å². The van der Waals surface area contributed by atoms with Crippen molar-refractivity contribution in [2.75, 3.05) is 0 Å². The minimum atomic E-state index is 1.13. The highest BCUT2D eigenvalue weighted by Gasteiger charge is 2.05. The molecule has 0 radical (unpaired) electrons. The van der Waals surface area contributed by atoms with Gasteiger partial charge in [-0.25, -0.2) is 4.57 Å². The van der Waals surface area contributed by atoms with Crippen molar-refractivity contribution < 1.29 is 4.57 Å². The Hall–Kier alpha value is -1.36. The second kappa shape index (κ2) is 11.1. The van der Waals surface area contributed by atoms with E-state index in [0.717, 1.165) is 6.42 Å². The maximum absolute atomic E-state index is 6.25. The van der Waals surface area contributed by atoms with Crippen LogP contribution in [0.4, 0.5) is 0 Å². The molecule has 0 fully saturated rings. The summed E-state index contributed by atoms with van der Waals surface area (Å²) in [5.74, 6) is 0. The fraction of sp³-hybridized carbons (Fsp3) is 0.600. The molecule has 1 heterocycles. The van der Waals surface area contributed by atoms with E-state index in [9.17, 15) is 0 Å². The van der Waals surface area contributed by atoms with E-state index >= 15 is 0 Å². The number of hydrogen-bond donors (Lipinski definition) is 0. The lowest BCUT2D eigenvalue weighted by Crippen LogP contribution is -2.37. The SMILES string of the molecule is CCCCCCC[n+]1ccccc1CC.[C-]#N. The molecule has 94 valence electrons. The number of aryl methyl sites for hydroxylation is 2. The van der Waals surface area contributed by atoms with Gasteiger partial charge in [-0.15, -0.1) is 0 Å². The summed E-state index contributed by atoms with van der Waals surface area (Å²) in [5.41, 5.74) is 1.45. The van der Waals surface area contributed by atoms with Crippen molar-refractivity contribution in [2.45, 2.75) is 58.9 Å². The standard InChI is InChI=1S/C14H24N.CN/c1-3-5-6-7-9-12-15-13-10-8-11-14(15)4-2;1-2/h8,10-11,13H,3-7,9,12H2,1-2H3;/q+1;-1. The van der Waals surface area contributed by atoms with E-state index in [4.69, 9.17) is 11.8 Å². The lowest BCUT2D eigenvalue weighted by molar-refractivity contribution is -0.704. The topological polar surface area (TPSA) is 27.7 Å². The van der Waals surface area contributed by atoms with Gasteiger partial charge in [0, 0.05) is 25.0 Å². The summed E-state index contributed by atoms with van der Waals surface area (Å²) < 4.78 is 2.39. The van der Waals surface area contributed by atoms with E-state index < -0.39 is 0 Å². The van der Waals surface area contributed by atoms with Gasteiger partial charge in [0.2, 0.25) is 0 Å². The van der Waals surface area contributed by atoms with Crippen LogP contribution in [0.15, 0.2) is 24.4 Å². The van der Waals surface area contributed by atoms with Crippen molar-refractivity contribution in [3.05, 3.63) is 36.7 Å². The van der Waals surface area contributed by atoms with Crippen molar-refractivity contribution in [3.8, 4) is 0 Å². The molecule has 0 saturated carbocycles. The van der Waals surface area contributed by atoms with E-state index in [2.05, 4.69) is 42.8 Å². The molecule has 17 heavy (non-hydrogen) atoms. The predicted octanol–water partition coefficient (Wildman–Crippen LogP) is 3.60. The van der Waals surface area contributed by atoms with Gasteiger partial charge in [0.15, 0.2) is 11.9 Å². The zero-order valence-electron chi connectivity index (χ0n) is 11.2. The van der Waals surface area contributed by atoms with Crippen LogP contribution in [0.5, 0.6) is 0 Å². The van der Waals surface area contributed by atoms with Crippen LogP contribution in [0.25, 0.3) is 0 Å². The zero-order chi connectivity index (χ0) is 12.9. The molecule has 2 nitrogen and oxygen atoms in total. The molecule has 1 rings (SSSR count). The van der Waals surface area contributed by atoms with Gasteiger partial charge in [-0.1, -0.05) is 39.2 Å². The molecular weight excluding hydrogens is 208 g/mol. The van der Waals surface area contributed by atoms with Gasteiger partial charge in [-0.3, -0.25) is 0 Å². The average molecular weight is 232 g/mol. The molecule has 0 aromatic carbocycles. The Bertz CT molecular complexity index is 305. The Labute approximate surface area is 106 Å². The fourth-order valence-electron chi connectivity index (χ4n) is 1.94. The first-order valence-electron chi connectivity index (χ1n) is 6.58. The van der Waals surface area contributed by atoms with Gasteiger partial charge < -0.3 is 11.8 Å². The smallest absolute Gasteiger partial charge is 0.181 e. The molecule has 0 unspecified atom stereocenters. The molecule has 1 aromatic heterocycles. The second-order valence-electron chi connectivity index (χ2n) is 4.15. The number of unbranched alkanes of at least 4 members (excludes halogenated alkanes) is 4. The third-order valence-corrected chi connectivity index (χ3v) is 2.90. The van der Waals surface area contributed by atoms with Crippen molar-refractivity contribution in [1.29, 1.82) is 5.26 Å². The summed E-state index contributed by atoms with van der Waals surface area (Å²) in [6, 6.07) is 6.49. The normalized spacial score (nSPS) is 9.41. The van der Waals surface area contributed by atoms with Crippen molar-refractivity contribution in [2.24, 2.45) is 0 Å². The first-order chi connectivity index (χ1) is 8.38. The average Bonchev–Trinajstić information content (AvgIpc) is 2.41. The third kappa shape index (κ3) is 6.73. The highest BCUT2D eigenvalue weighted by molar-refractivity contribution is 4.96. The molecule has 1 aromatic rings. The van der Waals surface area contributed by atoms with Crippen molar-refractivity contribution in [3.63, 3.8) is 0 Å². The molecule has 0 aliphatic heterocycles. The summed E-state index contributed by atoms with van der Waals surface area (Å²) in [5, 5.41) is 6.25. The monoisotopic (exact) mass is 232 g/mol. The summed E-state index contributed by atoms with van der Waals surface area (Å²) in [7, 11) is 0. The van der Waals surface area contributed by atoms with Crippen LogP contribution in [0.2, 0.25) is 0 Å². The first kappa shape index (κ1) is 15.6. The fourth-order valence-corrected chi connectivity index (χ4v) is 1.94. The van der Waals surface area contributed by atoms with Crippen molar-refractivity contribution >= 4 is 0 Å². The molecule has 0 N–H and O–H groups in total. The quantitative estimate of drug-likeness (QED) is 0.401. The Kier molecular flexibility index (Phi) is 10.2. The molecular formula is C15H24N2. The van der Waals surface area contributed by atoms with E-state index in [0.29, 0.717) is 0 Å².